The number of amides is 3. The van der Waals surface area contributed by atoms with E-state index in [0.717, 1.165) is 16.3 Å². The summed E-state index contributed by atoms with van der Waals surface area (Å²) in [5.41, 5.74) is 7.95. The maximum atomic E-state index is 13.4. The molecule has 0 radical (unpaired) electrons. The molecule has 0 spiro atoms. The summed E-state index contributed by atoms with van der Waals surface area (Å²) in [4.78, 5) is 30.0. The smallest absolute Gasteiger partial charge is 0.323 e. The highest BCUT2D eigenvalue weighted by Crippen LogP contribution is 2.39. The predicted octanol–water partition coefficient (Wildman–Crippen LogP) is 7.57. The van der Waals surface area contributed by atoms with Crippen LogP contribution in [0.1, 0.15) is 36.7 Å². The van der Waals surface area contributed by atoms with Crippen LogP contribution in [0.25, 0.3) is 10.8 Å². The predicted molar refractivity (Wildman–Crippen MR) is 190 cm³/mol. The number of nitrogens with zero attached hydrogens (tertiary/aromatic N) is 1. The second-order valence-corrected chi connectivity index (χ2v) is 13.3. The van der Waals surface area contributed by atoms with Gasteiger partial charge in [0, 0.05) is 46.4 Å². The molecule has 12 heteroatoms. The van der Waals surface area contributed by atoms with Gasteiger partial charge < -0.3 is 40.4 Å². The maximum absolute atomic E-state index is 13.4. The van der Waals surface area contributed by atoms with Gasteiger partial charge in [-0.25, -0.2) is 9.78 Å². The van der Waals surface area contributed by atoms with Gasteiger partial charge in [-0.15, -0.1) is 0 Å². The van der Waals surface area contributed by atoms with Crippen molar-refractivity contribution in [2.24, 2.45) is 5.73 Å². The maximum Gasteiger partial charge on any atom is 0.323 e. The first-order valence-electron chi connectivity index (χ1n) is 14.9. The summed E-state index contributed by atoms with van der Waals surface area (Å²) in [6.45, 7) is 6.13. The molecule has 5 aromatic rings. The van der Waals surface area contributed by atoms with Crippen molar-refractivity contribution < 1.29 is 28.4 Å². The number of hydrogen-bond donors (Lipinski definition) is 4. The molecule has 1 aromatic heterocycles. The van der Waals surface area contributed by atoms with Crippen molar-refractivity contribution >= 4 is 56.8 Å². The van der Waals surface area contributed by atoms with Crippen LogP contribution in [0.5, 0.6) is 23.0 Å². The zero-order valence-electron chi connectivity index (χ0n) is 27.5. The third kappa shape index (κ3) is 7.73. The minimum atomic E-state index is -1.34. The lowest BCUT2D eigenvalue weighted by atomic mass is 9.86. The van der Waals surface area contributed by atoms with Crippen molar-refractivity contribution in [2.75, 3.05) is 36.4 Å². The van der Waals surface area contributed by atoms with E-state index in [2.05, 4.69) is 20.9 Å². The molecular weight excluding hydrogens is 630 g/mol. The number of hydrogen-bond acceptors (Lipinski definition) is 8. The van der Waals surface area contributed by atoms with Gasteiger partial charge in [0.2, 0.25) is 5.91 Å². The molecule has 1 heterocycles. The number of nitrogens with one attached hydrogen (secondary N) is 3. The fraction of sp³-hybridized carbons (Fsp3) is 0.194. The van der Waals surface area contributed by atoms with Gasteiger partial charge in [0.15, 0.2) is 10.6 Å². The van der Waals surface area contributed by atoms with Crippen LogP contribution in [0.4, 0.5) is 27.7 Å². The molecule has 3 amide bonds. The molecule has 1 unspecified atom stereocenters. The number of carbonyl (C=O) groups excluding carboxylic acids is 2. The second kappa shape index (κ2) is 14.1. The average molecular weight is 668 g/mol. The Bertz CT molecular complexity index is 1990. The zero-order valence-corrected chi connectivity index (χ0v) is 28.3. The molecule has 0 aliphatic rings. The van der Waals surface area contributed by atoms with E-state index in [1.807, 2.05) is 57.2 Å². The third-order valence-corrected chi connectivity index (χ3v) is 8.40. The van der Waals surface area contributed by atoms with Crippen LogP contribution >= 0.6 is 0 Å². The molecule has 0 saturated carbocycles. The highest BCUT2D eigenvalue weighted by atomic mass is 32.2. The molecule has 48 heavy (non-hydrogen) atoms. The van der Waals surface area contributed by atoms with E-state index in [-0.39, 0.29) is 11.0 Å². The van der Waals surface area contributed by atoms with Crippen molar-refractivity contribution in [3.8, 4) is 23.0 Å². The second-order valence-electron chi connectivity index (χ2n) is 11.9. The molecule has 0 saturated heterocycles. The zero-order chi connectivity index (χ0) is 34.6. The molecule has 0 aliphatic carbocycles. The first-order chi connectivity index (χ1) is 22.9. The number of pyridine rings is 1. The third-order valence-electron chi connectivity index (χ3n) is 7.47. The number of ether oxygens (including phenoxy) is 3. The van der Waals surface area contributed by atoms with Crippen LogP contribution in [0.15, 0.2) is 90.0 Å². The molecule has 11 nitrogen and oxygen atoms in total. The monoisotopic (exact) mass is 667 g/mol. The number of rotatable bonds is 10. The number of aromatic nitrogens is 1. The summed E-state index contributed by atoms with van der Waals surface area (Å²) >= 11 is -1.34. The molecule has 4 aromatic carbocycles. The molecule has 0 aliphatic heterocycles. The van der Waals surface area contributed by atoms with Gasteiger partial charge >= 0.3 is 6.03 Å². The fourth-order valence-electron chi connectivity index (χ4n) is 5.05. The van der Waals surface area contributed by atoms with Crippen LogP contribution < -0.4 is 35.9 Å². The van der Waals surface area contributed by atoms with E-state index in [1.54, 1.807) is 54.9 Å². The lowest BCUT2D eigenvalue weighted by molar-refractivity contribution is 0.1000. The van der Waals surface area contributed by atoms with Crippen molar-refractivity contribution in [1.82, 2.24) is 4.98 Å². The highest BCUT2D eigenvalue weighted by molar-refractivity contribution is 7.90. The Morgan fingerprint density at radius 3 is 2.25 bits per heavy atom. The number of urea groups is 1. The van der Waals surface area contributed by atoms with E-state index >= 15 is 0 Å². The van der Waals surface area contributed by atoms with E-state index < -0.39 is 23.1 Å². The van der Waals surface area contributed by atoms with Gasteiger partial charge in [-0.05, 0) is 58.6 Å². The summed E-state index contributed by atoms with van der Waals surface area (Å²) in [5.74, 6) is 1.76. The summed E-state index contributed by atoms with van der Waals surface area (Å²) < 4.78 is 29.7. The van der Waals surface area contributed by atoms with Gasteiger partial charge in [-0.2, -0.15) is 0 Å². The lowest BCUT2D eigenvalue weighted by Gasteiger charge is -2.23. The van der Waals surface area contributed by atoms with Crippen molar-refractivity contribution in [3.05, 3.63) is 96.2 Å². The SMILES string of the molecule is COc1cc(Nc2cc(Oc3ccc(NC(=O)Nc4cc(C(C)(C)C)cc([S+](C)[O-])c4OC)c4ccccc34)ccn2)cc(C(N)=O)c1. The van der Waals surface area contributed by atoms with E-state index in [9.17, 15) is 14.1 Å². The standard InChI is InChI=1S/C36H37N5O6S/c1-36(2,3)22-17-29(33(46-5)31(18-22)48(6)44)41-35(43)40-28-11-12-30(27-10-8-7-9-26(27)28)47-24-13-14-38-32(20-24)39-23-15-21(34(37)42)16-25(19-23)45-4/h7-20H,1-6H3,(H2,37,42)(H,38,39)(H2,40,41,43). The van der Waals surface area contributed by atoms with Crippen molar-refractivity contribution in [2.45, 2.75) is 31.1 Å². The number of nitrogens with two attached hydrogens (primary N) is 1. The summed E-state index contributed by atoms with van der Waals surface area (Å²) in [7, 11) is 2.99. The Morgan fingerprint density at radius 2 is 1.58 bits per heavy atom. The van der Waals surface area contributed by atoms with Gasteiger partial charge in [0.1, 0.15) is 29.3 Å². The van der Waals surface area contributed by atoms with Crippen LogP contribution in [0, 0.1) is 0 Å². The van der Waals surface area contributed by atoms with Crippen LogP contribution in [0.2, 0.25) is 0 Å². The average Bonchev–Trinajstić information content (AvgIpc) is 3.05. The number of methoxy groups -OCH3 is 2. The van der Waals surface area contributed by atoms with Crippen molar-refractivity contribution in [1.29, 1.82) is 0 Å². The minimum absolute atomic E-state index is 0.255. The van der Waals surface area contributed by atoms with Crippen LogP contribution in [0.3, 0.4) is 0 Å². The van der Waals surface area contributed by atoms with Crippen molar-refractivity contribution in [3.63, 3.8) is 0 Å². The number of carbonyl (C=O) groups is 2. The Kier molecular flexibility index (Phi) is 9.97. The number of fused-ring (bicyclic) bond motifs is 1. The summed E-state index contributed by atoms with van der Waals surface area (Å²) in [5, 5.41) is 10.5. The summed E-state index contributed by atoms with van der Waals surface area (Å²) in [6.07, 6.45) is 3.17. The normalized spacial score (nSPS) is 11.8. The van der Waals surface area contributed by atoms with E-state index in [1.165, 1.54) is 14.2 Å². The molecule has 1 atom stereocenters. The molecule has 248 valence electrons. The van der Waals surface area contributed by atoms with Crippen LogP contribution in [-0.2, 0) is 16.6 Å². The first-order valence-corrected chi connectivity index (χ1v) is 16.5. The molecule has 0 bridgehead atoms. The molecule has 5 N–H and O–H groups in total. The van der Waals surface area contributed by atoms with E-state index in [0.29, 0.717) is 50.8 Å². The minimum Gasteiger partial charge on any atom is -0.612 e. The lowest BCUT2D eigenvalue weighted by Crippen LogP contribution is -2.22. The fourth-order valence-corrected chi connectivity index (χ4v) is 5.79. The largest absolute Gasteiger partial charge is 0.612 e. The van der Waals surface area contributed by atoms with Gasteiger partial charge in [-0.3, -0.25) is 4.79 Å². The van der Waals surface area contributed by atoms with Gasteiger partial charge in [0.05, 0.1) is 25.6 Å². The number of benzene rings is 4. The van der Waals surface area contributed by atoms with Crippen LogP contribution in [-0.4, -0.2) is 42.0 Å². The van der Waals surface area contributed by atoms with Gasteiger partial charge in [-0.1, -0.05) is 45.0 Å². The quantitative estimate of drug-likeness (QED) is 0.111. The Labute approximate surface area is 282 Å². The van der Waals surface area contributed by atoms with Gasteiger partial charge in [0.25, 0.3) is 0 Å². The number of anilines is 4. The topological polar surface area (TPSA) is 160 Å². The van der Waals surface area contributed by atoms with E-state index in [4.69, 9.17) is 19.9 Å². The molecular formula is C36H37N5O6S. The highest BCUT2D eigenvalue weighted by Gasteiger charge is 2.25. The summed E-state index contributed by atoms with van der Waals surface area (Å²) in [6, 6.07) is 22.6. The Morgan fingerprint density at radius 1 is 0.854 bits per heavy atom. The molecule has 5 rings (SSSR count). The first kappa shape index (κ1) is 33.9. The Hall–Kier alpha value is -5.46. The Balaban J connectivity index is 1.39. The molecule has 0 fully saturated rings. The number of primary amides is 1.